The van der Waals surface area contributed by atoms with Gasteiger partial charge in [-0.05, 0) is 44.9 Å². The molecule has 0 amide bonds. The largest absolute Gasteiger partial charge is 0.462 e. The third kappa shape index (κ3) is 2.64. The van der Waals surface area contributed by atoms with Crippen LogP contribution in [0.4, 0.5) is 0 Å². The van der Waals surface area contributed by atoms with Crippen molar-refractivity contribution < 1.29 is 14.3 Å². The Morgan fingerprint density at radius 1 is 1.50 bits per heavy atom. The second-order valence-corrected chi connectivity index (χ2v) is 5.12. The Bertz CT molecular complexity index is 298. The molecule has 2 rings (SSSR count). The summed E-state index contributed by atoms with van der Waals surface area (Å²) in [5.74, 6) is 0.938. The second-order valence-electron chi connectivity index (χ2n) is 5.12. The van der Waals surface area contributed by atoms with E-state index in [1.54, 1.807) is 6.92 Å². The van der Waals surface area contributed by atoms with Crippen molar-refractivity contribution in [3.63, 3.8) is 0 Å². The lowest BCUT2D eigenvalue weighted by atomic mass is 10.0. The van der Waals surface area contributed by atoms with E-state index in [4.69, 9.17) is 9.47 Å². The molecule has 16 heavy (non-hydrogen) atoms. The van der Waals surface area contributed by atoms with Gasteiger partial charge in [-0.2, -0.15) is 0 Å². The fraction of sp³-hybridized carbons (Fsp3) is 0.769. The highest BCUT2D eigenvalue weighted by molar-refractivity contribution is 5.86. The van der Waals surface area contributed by atoms with E-state index in [-0.39, 0.29) is 5.97 Å². The number of hydrogen-bond acceptors (Lipinski definition) is 3. The lowest BCUT2D eigenvalue weighted by molar-refractivity contribution is -0.140. The number of esters is 1. The quantitative estimate of drug-likeness (QED) is 0.418. The van der Waals surface area contributed by atoms with Gasteiger partial charge >= 0.3 is 5.97 Å². The van der Waals surface area contributed by atoms with Crippen molar-refractivity contribution in [2.75, 3.05) is 6.61 Å². The molecule has 1 saturated carbocycles. The number of ether oxygens (including phenoxy) is 2. The number of carbonyl (C=O) groups is 1. The van der Waals surface area contributed by atoms with E-state index in [1.165, 1.54) is 6.42 Å². The number of rotatable bonds is 4. The van der Waals surface area contributed by atoms with Crippen LogP contribution in [0.5, 0.6) is 0 Å². The summed E-state index contributed by atoms with van der Waals surface area (Å²) >= 11 is 0. The van der Waals surface area contributed by atoms with Crippen molar-refractivity contribution in [2.24, 2.45) is 11.8 Å². The molecule has 1 aliphatic heterocycles. The van der Waals surface area contributed by atoms with Gasteiger partial charge in [-0.1, -0.05) is 6.58 Å². The molecule has 90 valence electrons. The topological polar surface area (TPSA) is 38.8 Å². The molecule has 3 heteroatoms. The first-order valence-corrected chi connectivity index (χ1v) is 6.06. The third-order valence-corrected chi connectivity index (χ3v) is 3.60. The molecule has 1 aliphatic carbocycles. The van der Waals surface area contributed by atoms with Crippen LogP contribution in [0.2, 0.25) is 0 Å². The first kappa shape index (κ1) is 11.6. The fourth-order valence-electron chi connectivity index (χ4n) is 2.58. The summed E-state index contributed by atoms with van der Waals surface area (Å²) in [6, 6.07) is 0. The first-order valence-electron chi connectivity index (χ1n) is 6.06. The molecule has 2 fully saturated rings. The van der Waals surface area contributed by atoms with Gasteiger partial charge in [0.1, 0.15) is 0 Å². The van der Waals surface area contributed by atoms with E-state index >= 15 is 0 Å². The number of hydrogen-bond donors (Lipinski definition) is 0. The van der Waals surface area contributed by atoms with Gasteiger partial charge in [0, 0.05) is 5.57 Å². The molecule has 4 atom stereocenters. The van der Waals surface area contributed by atoms with Crippen LogP contribution in [0, 0.1) is 11.8 Å². The monoisotopic (exact) mass is 224 g/mol. The first-order chi connectivity index (χ1) is 7.58. The molecule has 1 heterocycles. The molecular weight excluding hydrogens is 204 g/mol. The van der Waals surface area contributed by atoms with Crippen molar-refractivity contribution in [2.45, 2.75) is 45.3 Å². The maximum absolute atomic E-state index is 11.2. The smallest absolute Gasteiger partial charge is 0.333 e. The SMILES string of the molecule is C=C(C)C(=O)OCC1CCC(C2OC2C)C1. The predicted octanol–water partition coefficient (Wildman–Crippen LogP) is 2.31. The van der Waals surface area contributed by atoms with Gasteiger partial charge in [-0.3, -0.25) is 0 Å². The summed E-state index contributed by atoms with van der Waals surface area (Å²) in [7, 11) is 0. The summed E-state index contributed by atoms with van der Waals surface area (Å²) in [5.41, 5.74) is 0.480. The highest BCUT2D eigenvalue weighted by atomic mass is 16.6. The average molecular weight is 224 g/mol. The Morgan fingerprint density at radius 3 is 2.75 bits per heavy atom. The van der Waals surface area contributed by atoms with Crippen LogP contribution in [0.25, 0.3) is 0 Å². The molecule has 3 nitrogen and oxygen atoms in total. The normalized spacial score (nSPS) is 37.1. The summed E-state index contributed by atoms with van der Waals surface area (Å²) < 4.78 is 10.7. The zero-order valence-electron chi connectivity index (χ0n) is 10.1. The molecule has 0 N–H and O–H groups in total. The second kappa shape index (κ2) is 4.58. The van der Waals surface area contributed by atoms with Crippen molar-refractivity contribution >= 4 is 5.97 Å². The molecular formula is C13H20O3. The third-order valence-electron chi connectivity index (χ3n) is 3.60. The molecule has 0 aromatic carbocycles. The van der Waals surface area contributed by atoms with Gasteiger partial charge in [0.15, 0.2) is 0 Å². The van der Waals surface area contributed by atoms with E-state index in [0.717, 1.165) is 12.8 Å². The zero-order valence-corrected chi connectivity index (χ0v) is 10.1. The van der Waals surface area contributed by atoms with Gasteiger partial charge in [0.25, 0.3) is 0 Å². The van der Waals surface area contributed by atoms with E-state index in [2.05, 4.69) is 13.5 Å². The van der Waals surface area contributed by atoms with Crippen molar-refractivity contribution in [3.8, 4) is 0 Å². The van der Waals surface area contributed by atoms with Crippen LogP contribution in [-0.4, -0.2) is 24.8 Å². The minimum Gasteiger partial charge on any atom is -0.462 e. The lowest BCUT2D eigenvalue weighted by Gasteiger charge is -2.10. The number of epoxide rings is 1. The maximum Gasteiger partial charge on any atom is 0.333 e. The Morgan fingerprint density at radius 2 is 2.19 bits per heavy atom. The van der Waals surface area contributed by atoms with E-state index in [0.29, 0.717) is 36.2 Å². The van der Waals surface area contributed by atoms with Gasteiger partial charge in [-0.25, -0.2) is 4.79 Å². The summed E-state index contributed by atoms with van der Waals surface area (Å²) in [6.45, 7) is 7.92. The van der Waals surface area contributed by atoms with Crippen molar-refractivity contribution in [3.05, 3.63) is 12.2 Å². The molecule has 2 aliphatic rings. The highest BCUT2D eigenvalue weighted by Gasteiger charge is 2.44. The van der Waals surface area contributed by atoms with E-state index < -0.39 is 0 Å². The Balaban J connectivity index is 1.69. The van der Waals surface area contributed by atoms with Gasteiger partial charge < -0.3 is 9.47 Å². The molecule has 0 aromatic heterocycles. The molecule has 0 spiro atoms. The maximum atomic E-state index is 11.2. The predicted molar refractivity (Wildman–Crippen MR) is 60.9 cm³/mol. The molecule has 1 saturated heterocycles. The Labute approximate surface area is 96.8 Å². The zero-order chi connectivity index (χ0) is 11.7. The minimum absolute atomic E-state index is 0.264. The average Bonchev–Trinajstić information content (AvgIpc) is 2.80. The minimum atomic E-state index is -0.264. The highest BCUT2D eigenvalue weighted by Crippen LogP contribution is 2.41. The number of carbonyl (C=O) groups excluding carboxylic acids is 1. The Kier molecular flexibility index (Phi) is 3.33. The Hall–Kier alpha value is -0.830. The van der Waals surface area contributed by atoms with Crippen LogP contribution < -0.4 is 0 Å². The van der Waals surface area contributed by atoms with Gasteiger partial charge in [-0.15, -0.1) is 0 Å². The van der Waals surface area contributed by atoms with Gasteiger partial charge in [0.2, 0.25) is 0 Å². The van der Waals surface area contributed by atoms with Crippen LogP contribution in [0.1, 0.15) is 33.1 Å². The van der Waals surface area contributed by atoms with Crippen LogP contribution in [0.15, 0.2) is 12.2 Å². The van der Waals surface area contributed by atoms with Crippen molar-refractivity contribution in [1.29, 1.82) is 0 Å². The molecule has 4 unspecified atom stereocenters. The van der Waals surface area contributed by atoms with Crippen molar-refractivity contribution in [1.82, 2.24) is 0 Å². The van der Waals surface area contributed by atoms with E-state index in [1.807, 2.05) is 0 Å². The van der Waals surface area contributed by atoms with E-state index in [9.17, 15) is 4.79 Å². The summed E-state index contributed by atoms with van der Waals surface area (Å²) in [4.78, 5) is 11.2. The summed E-state index contributed by atoms with van der Waals surface area (Å²) in [5, 5.41) is 0. The van der Waals surface area contributed by atoms with Crippen LogP contribution in [0.3, 0.4) is 0 Å². The summed E-state index contributed by atoms with van der Waals surface area (Å²) in [6.07, 6.45) is 4.42. The van der Waals surface area contributed by atoms with Crippen LogP contribution >= 0.6 is 0 Å². The molecule has 0 bridgehead atoms. The fourth-order valence-corrected chi connectivity index (χ4v) is 2.58. The molecule has 0 radical (unpaired) electrons. The van der Waals surface area contributed by atoms with Crippen LogP contribution in [-0.2, 0) is 14.3 Å². The molecule has 0 aromatic rings. The lowest BCUT2D eigenvalue weighted by Crippen LogP contribution is -2.13. The van der Waals surface area contributed by atoms with Gasteiger partial charge in [0.05, 0.1) is 18.8 Å². The standard InChI is InChI=1S/C13H20O3/c1-8(2)13(14)15-7-10-4-5-11(6-10)12-9(3)16-12/h9-12H,1,4-7H2,2-3H3.